The topological polar surface area (TPSA) is 29.5 Å². The van der Waals surface area contributed by atoms with Crippen LogP contribution >= 0.6 is 0 Å². The highest BCUT2D eigenvalue weighted by Gasteiger charge is 2.39. The van der Waals surface area contributed by atoms with Crippen LogP contribution in [0.15, 0.2) is 0 Å². The lowest BCUT2D eigenvalue weighted by Crippen LogP contribution is -2.28. The lowest BCUT2D eigenvalue weighted by molar-refractivity contribution is -0.141. The van der Waals surface area contributed by atoms with E-state index in [1.165, 1.54) is 38.5 Å². The van der Waals surface area contributed by atoms with Crippen LogP contribution < -0.4 is 0 Å². The van der Waals surface area contributed by atoms with Crippen LogP contribution in [0.3, 0.4) is 0 Å². The van der Waals surface area contributed by atoms with E-state index in [4.69, 9.17) is 4.74 Å². The molecule has 0 bridgehead atoms. The van der Waals surface area contributed by atoms with Gasteiger partial charge in [-0.3, -0.25) is 0 Å². The summed E-state index contributed by atoms with van der Waals surface area (Å²) in [6.07, 6.45) is 9.06. The maximum Gasteiger partial charge on any atom is 0.155 e. The fourth-order valence-corrected chi connectivity index (χ4v) is 2.53. The molecular weight excluding hydrogens is 152 g/mol. The van der Waals surface area contributed by atoms with Crippen molar-refractivity contribution < 1.29 is 9.84 Å². The van der Waals surface area contributed by atoms with Crippen molar-refractivity contribution in [2.75, 3.05) is 0 Å². The molecular formula is C10H18O2. The van der Waals surface area contributed by atoms with Crippen LogP contribution in [0.4, 0.5) is 0 Å². The van der Waals surface area contributed by atoms with E-state index in [1.807, 2.05) is 0 Å². The minimum atomic E-state index is -0.469. The van der Waals surface area contributed by atoms with Crippen molar-refractivity contribution in [1.82, 2.24) is 0 Å². The van der Waals surface area contributed by atoms with Gasteiger partial charge in [0.15, 0.2) is 6.29 Å². The fraction of sp³-hybridized carbons (Fsp3) is 1.00. The summed E-state index contributed by atoms with van der Waals surface area (Å²) >= 11 is 0. The predicted octanol–water partition coefficient (Wildman–Crippen LogP) is 2.21. The molecule has 0 aromatic rings. The number of hydrogen-bond donors (Lipinski definition) is 1. The van der Waals surface area contributed by atoms with E-state index in [9.17, 15) is 5.11 Å². The van der Waals surface area contributed by atoms with Gasteiger partial charge in [-0.15, -0.1) is 0 Å². The van der Waals surface area contributed by atoms with E-state index in [-0.39, 0.29) is 5.60 Å². The van der Waals surface area contributed by atoms with Crippen molar-refractivity contribution in [3.05, 3.63) is 0 Å². The molecule has 2 fully saturated rings. The summed E-state index contributed by atoms with van der Waals surface area (Å²) in [5, 5.41) is 9.32. The quantitative estimate of drug-likeness (QED) is 0.604. The SMILES string of the molecule is OC1CCC2(CCCCCC2)O1. The van der Waals surface area contributed by atoms with Crippen molar-refractivity contribution in [2.45, 2.75) is 63.3 Å². The third-order valence-electron chi connectivity index (χ3n) is 3.25. The molecule has 2 aliphatic rings. The summed E-state index contributed by atoms with van der Waals surface area (Å²) in [4.78, 5) is 0. The van der Waals surface area contributed by atoms with Gasteiger partial charge in [0.05, 0.1) is 5.60 Å². The van der Waals surface area contributed by atoms with Gasteiger partial charge in [-0.05, 0) is 19.3 Å². The van der Waals surface area contributed by atoms with Crippen LogP contribution in [-0.4, -0.2) is 17.0 Å². The van der Waals surface area contributed by atoms with Crippen molar-refractivity contribution in [2.24, 2.45) is 0 Å². The van der Waals surface area contributed by atoms with Crippen LogP contribution in [0.5, 0.6) is 0 Å². The Kier molecular flexibility index (Phi) is 2.37. The summed E-state index contributed by atoms with van der Waals surface area (Å²) in [6.45, 7) is 0. The smallest absolute Gasteiger partial charge is 0.155 e. The third-order valence-corrected chi connectivity index (χ3v) is 3.25. The van der Waals surface area contributed by atoms with Crippen LogP contribution in [0.1, 0.15) is 51.4 Å². The van der Waals surface area contributed by atoms with Crippen LogP contribution in [-0.2, 0) is 4.74 Å². The van der Waals surface area contributed by atoms with Gasteiger partial charge in [-0.2, -0.15) is 0 Å². The molecule has 1 unspecified atom stereocenters. The highest BCUT2D eigenvalue weighted by Crippen LogP contribution is 2.40. The molecule has 1 N–H and O–H groups in total. The normalized spacial score (nSPS) is 35.2. The van der Waals surface area contributed by atoms with Crippen LogP contribution in [0.25, 0.3) is 0 Å². The number of aliphatic hydroxyl groups excluding tert-OH is 1. The van der Waals surface area contributed by atoms with E-state index in [2.05, 4.69) is 0 Å². The largest absolute Gasteiger partial charge is 0.368 e. The molecule has 1 atom stereocenters. The Hall–Kier alpha value is -0.0800. The van der Waals surface area contributed by atoms with Gasteiger partial charge in [0.25, 0.3) is 0 Å². The van der Waals surface area contributed by atoms with E-state index in [0.717, 1.165) is 12.8 Å². The molecule has 70 valence electrons. The molecule has 0 amide bonds. The second-order valence-corrected chi connectivity index (χ2v) is 4.21. The maximum atomic E-state index is 9.32. The summed E-state index contributed by atoms with van der Waals surface area (Å²) in [6, 6.07) is 0. The van der Waals surface area contributed by atoms with E-state index in [0.29, 0.717) is 0 Å². The number of aliphatic hydroxyl groups is 1. The Morgan fingerprint density at radius 2 is 1.67 bits per heavy atom. The minimum Gasteiger partial charge on any atom is -0.368 e. The summed E-state index contributed by atoms with van der Waals surface area (Å²) in [7, 11) is 0. The Labute approximate surface area is 73.9 Å². The van der Waals surface area contributed by atoms with Crippen LogP contribution in [0, 0.1) is 0 Å². The highest BCUT2D eigenvalue weighted by molar-refractivity contribution is 4.87. The molecule has 1 saturated carbocycles. The molecule has 2 heteroatoms. The molecule has 2 nitrogen and oxygen atoms in total. The van der Waals surface area contributed by atoms with Crippen molar-refractivity contribution in [3.63, 3.8) is 0 Å². The lowest BCUT2D eigenvalue weighted by Gasteiger charge is -2.26. The van der Waals surface area contributed by atoms with Crippen molar-refractivity contribution >= 4 is 0 Å². The highest BCUT2D eigenvalue weighted by atomic mass is 16.6. The lowest BCUT2D eigenvalue weighted by atomic mass is 9.91. The summed E-state index contributed by atoms with van der Waals surface area (Å²) in [5.41, 5.74) is 0.0793. The van der Waals surface area contributed by atoms with Gasteiger partial charge in [0, 0.05) is 6.42 Å². The predicted molar refractivity (Wildman–Crippen MR) is 46.8 cm³/mol. The molecule has 1 saturated heterocycles. The van der Waals surface area contributed by atoms with Gasteiger partial charge < -0.3 is 9.84 Å². The number of rotatable bonds is 0. The summed E-state index contributed by atoms with van der Waals surface area (Å²) in [5.74, 6) is 0. The van der Waals surface area contributed by atoms with Gasteiger partial charge in [-0.1, -0.05) is 25.7 Å². The van der Waals surface area contributed by atoms with Crippen LogP contribution in [0.2, 0.25) is 0 Å². The molecule has 12 heavy (non-hydrogen) atoms. The number of hydrogen-bond acceptors (Lipinski definition) is 2. The molecule has 0 aromatic heterocycles. The number of ether oxygens (including phenoxy) is 1. The standard InChI is InChI=1S/C10H18O2/c11-9-5-8-10(12-9)6-3-1-2-4-7-10/h9,11H,1-8H2. The molecule has 1 aliphatic carbocycles. The first-order valence-corrected chi connectivity index (χ1v) is 5.17. The molecule has 2 rings (SSSR count). The zero-order valence-corrected chi connectivity index (χ0v) is 7.59. The summed E-state index contributed by atoms with van der Waals surface area (Å²) < 4.78 is 5.63. The van der Waals surface area contributed by atoms with Gasteiger partial charge in [-0.25, -0.2) is 0 Å². The Morgan fingerprint density at radius 1 is 1.00 bits per heavy atom. The molecule has 1 spiro atoms. The monoisotopic (exact) mass is 170 g/mol. The molecule has 0 radical (unpaired) electrons. The van der Waals surface area contributed by atoms with Gasteiger partial charge in [0.1, 0.15) is 0 Å². The minimum absolute atomic E-state index is 0.0793. The fourth-order valence-electron chi connectivity index (χ4n) is 2.53. The Morgan fingerprint density at radius 3 is 2.17 bits per heavy atom. The Balaban J connectivity index is 1.98. The van der Waals surface area contributed by atoms with E-state index in [1.54, 1.807) is 0 Å². The zero-order chi connectivity index (χ0) is 8.44. The van der Waals surface area contributed by atoms with E-state index < -0.39 is 6.29 Å². The first-order chi connectivity index (χ1) is 5.81. The maximum absolute atomic E-state index is 9.32. The van der Waals surface area contributed by atoms with Gasteiger partial charge in [0.2, 0.25) is 0 Å². The first kappa shape index (κ1) is 8.52. The average molecular weight is 170 g/mol. The zero-order valence-electron chi connectivity index (χ0n) is 7.59. The average Bonchev–Trinajstić information content (AvgIpc) is 2.30. The molecule has 1 aliphatic heterocycles. The first-order valence-electron chi connectivity index (χ1n) is 5.17. The molecule has 1 heterocycles. The second-order valence-electron chi connectivity index (χ2n) is 4.21. The van der Waals surface area contributed by atoms with Crippen molar-refractivity contribution in [3.8, 4) is 0 Å². The van der Waals surface area contributed by atoms with Gasteiger partial charge >= 0.3 is 0 Å². The second kappa shape index (κ2) is 3.35. The van der Waals surface area contributed by atoms with E-state index >= 15 is 0 Å². The third kappa shape index (κ3) is 1.64. The van der Waals surface area contributed by atoms with Crippen molar-refractivity contribution in [1.29, 1.82) is 0 Å². The Bertz CT molecular complexity index is 148. The molecule has 0 aromatic carbocycles.